The van der Waals surface area contributed by atoms with Crippen molar-refractivity contribution >= 4 is 17.1 Å². The van der Waals surface area contributed by atoms with E-state index in [1.165, 1.54) is 4.31 Å². The first kappa shape index (κ1) is 22.7. The minimum atomic E-state index is -3.65. The number of aryl methyl sites for hydroxylation is 1. The van der Waals surface area contributed by atoms with Crippen LogP contribution in [0.15, 0.2) is 40.8 Å². The zero-order valence-corrected chi connectivity index (χ0v) is 18.7. The summed E-state index contributed by atoms with van der Waals surface area (Å²) in [7, 11) is -4.32. The van der Waals surface area contributed by atoms with Gasteiger partial charge in [0.25, 0.3) is 0 Å². The lowest BCUT2D eigenvalue weighted by atomic mass is 9.90. The molecule has 0 amide bonds. The van der Waals surface area contributed by atoms with Gasteiger partial charge in [-0.2, -0.15) is 4.31 Å². The number of benzene rings is 1. The predicted molar refractivity (Wildman–Crippen MR) is 113 cm³/mol. The molecule has 1 saturated heterocycles. The van der Waals surface area contributed by atoms with Gasteiger partial charge >= 0.3 is 7.12 Å². The first-order chi connectivity index (χ1) is 12.8. The lowest BCUT2D eigenvalue weighted by Crippen LogP contribution is -2.41. The van der Waals surface area contributed by atoms with Crippen molar-refractivity contribution in [2.75, 3.05) is 13.1 Å². The van der Waals surface area contributed by atoms with E-state index in [0.717, 1.165) is 11.1 Å². The topological polar surface area (TPSA) is 55.8 Å². The van der Waals surface area contributed by atoms with Crippen molar-refractivity contribution in [2.45, 2.75) is 64.6 Å². The van der Waals surface area contributed by atoms with Gasteiger partial charge in [-0.15, -0.1) is 0 Å². The first-order valence-corrected chi connectivity index (χ1v) is 10.8. The molecule has 2 rings (SSSR count). The van der Waals surface area contributed by atoms with Gasteiger partial charge in [0.1, 0.15) is 0 Å². The fourth-order valence-corrected chi connectivity index (χ4v) is 3.79. The highest BCUT2D eigenvalue weighted by molar-refractivity contribution is 7.89. The standard InChI is InChI=1S/C21H30BNO4S/c1-17(2)13-16-23(28(24,25)19-11-9-18(3)10-12-19)15-8-14-22-26-20(4,5)21(6,7)27-22/h9-13H,15-16H2,1-7H3. The third kappa shape index (κ3) is 5.27. The van der Waals surface area contributed by atoms with Crippen molar-refractivity contribution in [3.63, 3.8) is 0 Å². The molecule has 1 aromatic rings. The Morgan fingerprint density at radius 3 is 2.14 bits per heavy atom. The molecule has 1 aromatic carbocycles. The van der Waals surface area contributed by atoms with Crippen molar-refractivity contribution in [3.05, 3.63) is 41.5 Å². The van der Waals surface area contributed by atoms with Gasteiger partial charge in [-0.1, -0.05) is 41.1 Å². The van der Waals surface area contributed by atoms with E-state index in [4.69, 9.17) is 9.31 Å². The lowest BCUT2D eigenvalue weighted by molar-refractivity contribution is 0.00578. The highest BCUT2D eigenvalue weighted by Crippen LogP contribution is 2.36. The van der Waals surface area contributed by atoms with Crippen LogP contribution < -0.4 is 0 Å². The Morgan fingerprint density at radius 1 is 1.11 bits per heavy atom. The van der Waals surface area contributed by atoms with Crippen molar-refractivity contribution in [1.29, 1.82) is 0 Å². The molecule has 0 atom stereocenters. The molecule has 0 aromatic heterocycles. The SMILES string of the molecule is CC(C)=CCN(CC#CB1OC(C)(C)C(C)(C)O1)S(=O)(=O)c1ccc(C)cc1. The Bertz CT molecular complexity index is 873. The number of rotatable bonds is 5. The van der Waals surface area contributed by atoms with Crippen LogP contribution >= 0.6 is 0 Å². The normalized spacial score (nSPS) is 17.9. The molecule has 1 heterocycles. The van der Waals surface area contributed by atoms with Crippen LogP contribution in [0.1, 0.15) is 47.1 Å². The van der Waals surface area contributed by atoms with Crippen molar-refractivity contribution in [3.8, 4) is 11.7 Å². The number of allylic oxidation sites excluding steroid dienone is 1. The van der Waals surface area contributed by atoms with Gasteiger partial charge in [0.2, 0.25) is 10.0 Å². The zero-order valence-electron chi connectivity index (χ0n) is 17.9. The molecule has 5 nitrogen and oxygen atoms in total. The summed E-state index contributed by atoms with van der Waals surface area (Å²) in [5.74, 6) is 5.85. The smallest absolute Gasteiger partial charge is 0.392 e. The highest BCUT2D eigenvalue weighted by Gasteiger charge is 2.50. The van der Waals surface area contributed by atoms with E-state index in [-0.39, 0.29) is 18.0 Å². The van der Waals surface area contributed by atoms with Crippen LogP contribution in [0.4, 0.5) is 0 Å². The van der Waals surface area contributed by atoms with Crippen LogP contribution in [-0.4, -0.2) is 44.1 Å². The molecular formula is C21H30BNO4S. The van der Waals surface area contributed by atoms with Gasteiger partial charge < -0.3 is 9.31 Å². The Morgan fingerprint density at radius 2 is 1.64 bits per heavy atom. The number of hydrogen-bond donors (Lipinski definition) is 0. The van der Waals surface area contributed by atoms with E-state index < -0.39 is 28.3 Å². The van der Waals surface area contributed by atoms with Gasteiger partial charge in [-0.25, -0.2) is 8.42 Å². The second-order valence-electron chi connectivity index (χ2n) is 8.30. The molecular weight excluding hydrogens is 373 g/mol. The van der Waals surface area contributed by atoms with E-state index in [1.54, 1.807) is 24.3 Å². The summed E-state index contributed by atoms with van der Waals surface area (Å²) in [6.07, 6.45) is 1.88. The maximum absolute atomic E-state index is 13.1. The largest absolute Gasteiger partial charge is 0.551 e. The molecule has 152 valence electrons. The van der Waals surface area contributed by atoms with E-state index in [9.17, 15) is 8.42 Å². The molecule has 0 radical (unpaired) electrons. The van der Waals surface area contributed by atoms with Crippen LogP contribution in [0.25, 0.3) is 0 Å². The maximum atomic E-state index is 13.1. The van der Waals surface area contributed by atoms with Gasteiger partial charge in [-0.05, 0) is 60.6 Å². The van der Waals surface area contributed by atoms with Crippen LogP contribution in [-0.2, 0) is 19.3 Å². The second-order valence-corrected chi connectivity index (χ2v) is 10.2. The fraction of sp³-hybridized carbons (Fsp3) is 0.524. The summed E-state index contributed by atoms with van der Waals surface area (Å²) in [5.41, 5.74) is 1.11. The van der Waals surface area contributed by atoms with Gasteiger partial charge in [0, 0.05) is 6.54 Å². The van der Waals surface area contributed by atoms with E-state index in [2.05, 4.69) is 11.7 Å². The number of hydrogen-bond acceptors (Lipinski definition) is 4. The minimum absolute atomic E-state index is 0.0596. The summed E-state index contributed by atoms with van der Waals surface area (Å²) in [6, 6.07) is 6.84. The quantitative estimate of drug-likeness (QED) is 0.428. The average molecular weight is 403 g/mol. The summed E-state index contributed by atoms with van der Waals surface area (Å²) in [4.78, 5) is 0.262. The molecule has 0 aliphatic carbocycles. The molecule has 1 fully saturated rings. The summed E-state index contributed by atoms with van der Waals surface area (Å²) in [5, 5.41) is 0. The van der Waals surface area contributed by atoms with Crippen LogP contribution in [0.3, 0.4) is 0 Å². The maximum Gasteiger partial charge on any atom is 0.551 e. The predicted octanol–water partition coefficient (Wildman–Crippen LogP) is 3.59. The van der Waals surface area contributed by atoms with Crippen LogP contribution in [0.5, 0.6) is 0 Å². The molecule has 0 unspecified atom stereocenters. The zero-order chi connectivity index (χ0) is 21.2. The monoisotopic (exact) mass is 403 g/mol. The Balaban J connectivity index is 2.21. The van der Waals surface area contributed by atoms with Crippen molar-refractivity contribution < 1.29 is 17.7 Å². The molecule has 1 aliphatic heterocycles. The third-order valence-electron chi connectivity index (χ3n) is 5.09. The summed E-state index contributed by atoms with van der Waals surface area (Å²) < 4.78 is 39.2. The lowest BCUT2D eigenvalue weighted by Gasteiger charge is -2.32. The van der Waals surface area contributed by atoms with Gasteiger partial charge in [0.05, 0.1) is 22.6 Å². The summed E-state index contributed by atoms with van der Waals surface area (Å²) in [6.45, 7) is 13.9. The number of sulfonamides is 1. The molecule has 0 bridgehead atoms. The minimum Gasteiger partial charge on any atom is -0.392 e. The molecule has 0 saturated carbocycles. The Hall–Kier alpha value is -1.59. The Labute approximate surface area is 170 Å². The van der Waals surface area contributed by atoms with Crippen LogP contribution in [0, 0.1) is 18.7 Å². The van der Waals surface area contributed by atoms with Crippen LogP contribution in [0.2, 0.25) is 0 Å². The van der Waals surface area contributed by atoms with Crippen molar-refractivity contribution in [1.82, 2.24) is 4.31 Å². The molecule has 28 heavy (non-hydrogen) atoms. The van der Waals surface area contributed by atoms with Gasteiger partial charge in [-0.3, -0.25) is 0 Å². The molecule has 1 aliphatic rings. The molecule has 0 N–H and O–H groups in total. The second kappa shape index (κ2) is 8.42. The van der Waals surface area contributed by atoms with E-state index in [0.29, 0.717) is 0 Å². The van der Waals surface area contributed by atoms with Gasteiger partial charge in [0.15, 0.2) is 0 Å². The Kier molecular flexibility index (Phi) is 6.83. The first-order valence-electron chi connectivity index (χ1n) is 9.39. The third-order valence-corrected chi connectivity index (χ3v) is 6.92. The summed E-state index contributed by atoms with van der Waals surface area (Å²) >= 11 is 0. The number of nitrogens with zero attached hydrogens (tertiary/aromatic N) is 1. The average Bonchev–Trinajstić information content (AvgIpc) is 2.77. The highest BCUT2D eigenvalue weighted by atomic mass is 32.2. The van der Waals surface area contributed by atoms with E-state index >= 15 is 0 Å². The molecule has 7 heteroatoms. The fourth-order valence-electron chi connectivity index (χ4n) is 2.51. The van der Waals surface area contributed by atoms with E-state index in [1.807, 2.05) is 54.5 Å². The van der Waals surface area contributed by atoms with Crippen molar-refractivity contribution in [2.24, 2.45) is 0 Å². The molecule has 0 spiro atoms.